The molecule has 1 aromatic heterocycles. The first-order valence-corrected chi connectivity index (χ1v) is 6.03. The SMILES string of the molecule is Cc1ccsc1C(=O)c1ccc(C(F)(F)F)cc1. The van der Waals surface area contributed by atoms with Crippen molar-refractivity contribution < 1.29 is 18.0 Å². The first-order chi connectivity index (χ1) is 8.39. The summed E-state index contributed by atoms with van der Waals surface area (Å²) < 4.78 is 37.1. The van der Waals surface area contributed by atoms with Crippen molar-refractivity contribution in [1.82, 2.24) is 0 Å². The van der Waals surface area contributed by atoms with Gasteiger partial charge in [-0.15, -0.1) is 11.3 Å². The van der Waals surface area contributed by atoms with Crippen LogP contribution in [0.2, 0.25) is 0 Å². The van der Waals surface area contributed by atoms with Crippen molar-refractivity contribution in [1.29, 1.82) is 0 Å². The van der Waals surface area contributed by atoms with Gasteiger partial charge in [0, 0.05) is 5.56 Å². The Labute approximate surface area is 106 Å². The molecule has 0 unspecified atom stereocenters. The van der Waals surface area contributed by atoms with E-state index in [0.717, 1.165) is 17.7 Å². The van der Waals surface area contributed by atoms with E-state index < -0.39 is 11.7 Å². The van der Waals surface area contributed by atoms with Gasteiger partial charge in [-0.05, 0) is 36.1 Å². The first-order valence-electron chi connectivity index (χ1n) is 5.15. The molecule has 0 aliphatic rings. The number of hydrogen-bond acceptors (Lipinski definition) is 2. The Bertz CT molecular complexity index is 567. The number of thiophene rings is 1. The second-order valence-corrected chi connectivity index (χ2v) is 4.75. The van der Waals surface area contributed by atoms with Crippen LogP contribution >= 0.6 is 11.3 Å². The lowest BCUT2D eigenvalue weighted by Gasteiger charge is -2.07. The molecule has 5 heteroatoms. The van der Waals surface area contributed by atoms with Gasteiger partial charge < -0.3 is 0 Å². The van der Waals surface area contributed by atoms with Crippen LogP contribution in [0.1, 0.15) is 26.4 Å². The van der Waals surface area contributed by atoms with Crippen molar-refractivity contribution in [3.8, 4) is 0 Å². The molecule has 0 atom stereocenters. The monoisotopic (exact) mass is 270 g/mol. The van der Waals surface area contributed by atoms with Crippen LogP contribution in [0.15, 0.2) is 35.7 Å². The summed E-state index contributed by atoms with van der Waals surface area (Å²) in [5, 5.41) is 1.78. The van der Waals surface area contributed by atoms with Gasteiger partial charge in [-0.25, -0.2) is 0 Å². The van der Waals surface area contributed by atoms with Crippen LogP contribution in [-0.2, 0) is 6.18 Å². The number of alkyl halides is 3. The minimum Gasteiger partial charge on any atom is -0.288 e. The normalized spacial score (nSPS) is 11.6. The molecule has 0 saturated carbocycles. The number of carbonyl (C=O) groups is 1. The Morgan fingerprint density at radius 3 is 2.17 bits per heavy atom. The topological polar surface area (TPSA) is 17.1 Å². The maximum absolute atomic E-state index is 12.4. The van der Waals surface area contributed by atoms with E-state index in [0.29, 0.717) is 4.88 Å². The molecule has 0 fully saturated rings. The van der Waals surface area contributed by atoms with E-state index >= 15 is 0 Å². The Hall–Kier alpha value is -1.62. The van der Waals surface area contributed by atoms with E-state index in [4.69, 9.17) is 0 Å². The van der Waals surface area contributed by atoms with Crippen molar-refractivity contribution in [2.75, 3.05) is 0 Å². The van der Waals surface area contributed by atoms with Crippen LogP contribution in [0.5, 0.6) is 0 Å². The van der Waals surface area contributed by atoms with Crippen LogP contribution in [0.25, 0.3) is 0 Å². The highest BCUT2D eigenvalue weighted by molar-refractivity contribution is 7.12. The second-order valence-electron chi connectivity index (χ2n) is 3.84. The van der Waals surface area contributed by atoms with Gasteiger partial charge in [0.05, 0.1) is 10.4 Å². The van der Waals surface area contributed by atoms with Gasteiger partial charge in [-0.2, -0.15) is 13.2 Å². The Morgan fingerprint density at radius 1 is 1.11 bits per heavy atom. The van der Waals surface area contributed by atoms with Gasteiger partial charge in [-0.3, -0.25) is 4.79 Å². The smallest absolute Gasteiger partial charge is 0.288 e. The highest BCUT2D eigenvalue weighted by Gasteiger charge is 2.30. The minimum atomic E-state index is -4.37. The molecule has 0 radical (unpaired) electrons. The van der Waals surface area contributed by atoms with Gasteiger partial charge in [0.2, 0.25) is 5.78 Å². The Morgan fingerprint density at radius 2 is 1.72 bits per heavy atom. The zero-order chi connectivity index (χ0) is 13.3. The fraction of sp³-hybridized carbons (Fsp3) is 0.154. The number of aryl methyl sites for hydroxylation is 1. The van der Waals surface area contributed by atoms with Gasteiger partial charge in [0.1, 0.15) is 0 Å². The number of carbonyl (C=O) groups excluding carboxylic acids is 1. The molecule has 1 nitrogen and oxygen atoms in total. The summed E-state index contributed by atoms with van der Waals surface area (Å²) in [6.07, 6.45) is -4.37. The average Bonchev–Trinajstić information content (AvgIpc) is 2.73. The van der Waals surface area contributed by atoms with Crippen molar-refractivity contribution >= 4 is 17.1 Å². The van der Waals surface area contributed by atoms with Crippen LogP contribution in [0, 0.1) is 6.92 Å². The fourth-order valence-corrected chi connectivity index (χ4v) is 2.43. The maximum Gasteiger partial charge on any atom is 0.416 e. The number of hydrogen-bond donors (Lipinski definition) is 0. The summed E-state index contributed by atoms with van der Waals surface area (Å²) in [6.45, 7) is 1.80. The van der Waals surface area contributed by atoms with E-state index in [1.54, 1.807) is 12.3 Å². The molecule has 2 rings (SSSR count). The number of halogens is 3. The van der Waals surface area contributed by atoms with Crippen molar-refractivity contribution in [3.05, 3.63) is 57.3 Å². The molecule has 0 spiro atoms. The van der Waals surface area contributed by atoms with Crippen molar-refractivity contribution in [2.45, 2.75) is 13.1 Å². The summed E-state index contributed by atoms with van der Waals surface area (Å²) in [6, 6.07) is 6.09. The van der Waals surface area contributed by atoms with E-state index in [1.807, 2.05) is 6.07 Å². The summed E-state index contributed by atoms with van der Waals surface area (Å²) >= 11 is 1.29. The molecular formula is C13H9F3OS. The van der Waals surface area contributed by atoms with Gasteiger partial charge >= 0.3 is 6.18 Å². The molecule has 0 aliphatic heterocycles. The predicted molar refractivity (Wildman–Crippen MR) is 63.9 cm³/mol. The summed E-state index contributed by atoms with van der Waals surface area (Å²) in [7, 11) is 0. The van der Waals surface area contributed by atoms with Crippen molar-refractivity contribution in [2.24, 2.45) is 0 Å². The van der Waals surface area contributed by atoms with Crippen molar-refractivity contribution in [3.63, 3.8) is 0 Å². The van der Waals surface area contributed by atoms with E-state index in [1.165, 1.54) is 23.5 Å². The highest BCUT2D eigenvalue weighted by Crippen LogP contribution is 2.29. The third-order valence-electron chi connectivity index (χ3n) is 2.54. The quantitative estimate of drug-likeness (QED) is 0.743. The van der Waals surface area contributed by atoms with E-state index in [2.05, 4.69) is 0 Å². The highest BCUT2D eigenvalue weighted by atomic mass is 32.1. The molecule has 18 heavy (non-hydrogen) atoms. The van der Waals surface area contributed by atoms with Crippen LogP contribution < -0.4 is 0 Å². The third-order valence-corrected chi connectivity index (χ3v) is 3.56. The lowest BCUT2D eigenvalue weighted by molar-refractivity contribution is -0.137. The molecule has 2 aromatic rings. The lowest BCUT2D eigenvalue weighted by atomic mass is 10.1. The molecular weight excluding hydrogens is 261 g/mol. The molecule has 1 aromatic carbocycles. The van der Waals surface area contributed by atoms with Gasteiger partial charge in [0.15, 0.2) is 0 Å². The molecule has 94 valence electrons. The number of rotatable bonds is 2. The Balaban J connectivity index is 2.31. The zero-order valence-electron chi connectivity index (χ0n) is 9.41. The standard InChI is InChI=1S/C13H9F3OS/c1-8-6-7-18-12(8)11(17)9-2-4-10(5-3-9)13(14,15)16/h2-7H,1H3. The minimum absolute atomic E-state index is 0.240. The predicted octanol–water partition coefficient (Wildman–Crippen LogP) is 4.31. The Kier molecular flexibility index (Phi) is 3.26. The van der Waals surface area contributed by atoms with Crippen LogP contribution in [0.4, 0.5) is 13.2 Å². The first kappa shape index (κ1) is 12.8. The summed E-state index contributed by atoms with van der Waals surface area (Å²) in [5.74, 6) is -0.240. The largest absolute Gasteiger partial charge is 0.416 e. The lowest BCUT2D eigenvalue weighted by Crippen LogP contribution is -2.06. The third kappa shape index (κ3) is 2.46. The molecule has 0 amide bonds. The summed E-state index contributed by atoms with van der Waals surface area (Å²) in [4.78, 5) is 12.6. The molecule has 1 heterocycles. The zero-order valence-corrected chi connectivity index (χ0v) is 10.2. The molecule has 0 bridgehead atoms. The molecule has 0 aliphatic carbocycles. The summed E-state index contributed by atoms with van der Waals surface area (Å²) in [5.41, 5.74) is 0.361. The van der Waals surface area contributed by atoms with E-state index in [-0.39, 0.29) is 11.3 Å². The molecule has 0 saturated heterocycles. The average molecular weight is 270 g/mol. The fourth-order valence-electron chi connectivity index (χ4n) is 1.55. The van der Waals surface area contributed by atoms with Crippen LogP contribution in [-0.4, -0.2) is 5.78 Å². The molecule has 0 N–H and O–H groups in total. The van der Waals surface area contributed by atoms with Crippen LogP contribution in [0.3, 0.4) is 0 Å². The van der Waals surface area contributed by atoms with E-state index in [9.17, 15) is 18.0 Å². The van der Waals surface area contributed by atoms with Gasteiger partial charge in [0.25, 0.3) is 0 Å². The van der Waals surface area contributed by atoms with Gasteiger partial charge in [-0.1, -0.05) is 12.1 Å². The number of benzene rings is 1. The maximum atomic E-state index is 12.4. The second kappa shape index (κ2) is 4.57. The number of ketones is 1.